The van der Waals surface area contributed by atoms with Crippen molar-refractivity contribution < 1.29 is 4.79 Å². The Morgan fingerprint density at radius 3 is 2.92 bits per heavy atom. The number of nitrogens with one attached hydrogen (secondary N) is 1. The average molecular weight is 179 g/mol. The minimum Gasteiger partial charge on any atom is -0.346 e. The first-order valence-corrected chi connectivity index (χ1v) is 4.46. The molecule has 1 amide bonds. The highest BCUT2D eigenvalue weighted by molar-refractivity contribution is 5.91. The van der Waals surface area contributed by atoms with E-state index in [1.165, 1.54) is 0 Å². The molecule has 0 bridgehead atoms. The van der Waals surface area contributed by atoms with Crippen LogP contribution in [0.3, 0.4) is 0 Å². The molecule has 4 nitrogen and oxygen atoms in total. The van der Waals surface area contributed by atoms with Gasteiger partial charge >= 0.3 is 0 Å². The van der Waals surface area contributed by atoms with Gasteiger partial charge in [0.1, 0.15) is 0 Å². The summed E-state index contributed by atoms with van der Waals surface area (Å²) in [5.74, 6) is 1.05. The molecule has 1 saturated carbocycles. The molecule has 0 aromatic carbocycles. The van der Waals surface area contributed by atoms with Gasteiger partial charge < -0.3 is 9.88 Å². The van der Waals surface area contributed by atoms with Gasteiger partial charge in [0.25, 0.3) is 5.91 Å². The topological polar surface area (TPSA) is 46.9 Å². The summed E-state index contributed by atoms with van der Waals surface area (Å²) in [6.45, 7) is 2.13. The summed E-state index contributed by atoms with van der Waals surface area (Å²) in [5.41, 5.74) is 0. The zero-order chi connectivity index (χ0) is 9.42. The molecule has 70 valence electrons. The van der Waals surface area contributed by atoms with Crippen LogP contribution in [0.2, 0.25) is 0 Å². The maximum Gasteiger partial charge on any atom is 0.287 e. The molecule has 1 N–H and O–H groups in total. The van der Waals surface area contributed by atoms with Crippen LogP contribution >= 0.6 is 0 Å². The van der Waals surface area contributed by atoms with Crippen molar-refractivity contribution in [3.05, 3.63) is 18.2 Å². The third-order valence-electron chi connectivity index (χ3n) is 2.45. The predicted octanol–water partition coefficient (Wildman–Crippen LogP) is 0.558. The van der Waals surface area contributed by atoms with Gasteiger partial charge in [-0.05, 0) is 12.3 Å². The van der Waals surface area contributed by atoms with Crippen molar-refractivity contribution in [1.82, 2.24) is 14.9 Å². The molecule has 0 radical (unpaired) electrons. The largest absolute Gasteiger partial charge is 0.346 e. The van der Waals surface area contributed by atoms with Crippen molar-refractivity contribution in [1.29, 1.82) is 0 Å². The lowest BCUT2D eigenvalue weighted by molar-refractivity contribution is 0.0936. The Labute approximate surface area is 77.0 Å². The number of imidazole rings is 1. The fourth-order valence-corrected chi connectivity index (χ4v) is 1.34. The molecule has 2 rings (SSSR count). The Bertz CT molecular complexity index is 331. The normalized spacial score (nSPS) is 25.7. The second-order valence-corrected chi connectivity index (χ2v) is 3.65. The maximum absolute atomic E-state index is 11.5. The van der Waals surface area contributed by atoms with E-state index in [-0.39, 0.29) is 5.91 Å². The zero-order valence-corrected chi connectivity index (χ0v) is 7.82. The van der Waals surface area contributed by atoms with Gasteiger partial charge in [0.2, 0.25) is 0 Å². The number of carbonyl (C=O) groups is 1. The number of rotatable bonds is 2. The molecule has 1 heterocycles. The second kappa shape index (κ2) is 2.87. The zero-order valence-electron chi connectivity index (χ0n) is 7.82. The summed E-state index contributed by atoms with van der Waals surface area (Å²) in [6, 6.07) is 0.365. The highest BCUT2D eigenvalue weighted by Gasteiger charge is 2.34. The van der Waals surface area contributed by atoms with Gasteiger partial charge in [0.05, 0.1) is 0 Å². The van der Waals surface area contributed by atoms with Crippen LogP contribution in [0.4, 0.5) is 0 Å². The molecule has 0 aliphatic heterocycles. The molecule has 1 aromatic heterocycles. The van der Waals surface area contributed by atoms with Crippen LogP contribution in [0.5, 0.6) is 0 Å². The van der Waals surface area contributed by atoms with Crippen LogP contribution in [0.1, 0.15) is 24.0 Å². The van der Waals surface area contributed by atoms with Crippen molar-refractivity contribution in [3.63, 3.8) is 0 Å². The van der Waals surface area contributed by atoms with Gasteiger partial charge in [-0.15, -0.1) is 0 Å². The van der Waals surface area contributed by atoms with Crippen molar-refractivity contribution in [2.45, 2.75) is 19.4 Å². The van der Waals surface area contributed by atoms with Crippen LogP contribution in [0, 0.1) is 5.92 Å². The summed E-state index contributed by atoms with van der Waals surface area (Å²) in [4.78, 5) is 15.5. The summed E-state index contributed by atoms with van der Waals surface area (Å²) in [7, 11) is 1.82. The first-order valence-electron chi connectivity index (χ1n) is 4.46. The number of hydrogen-bond acceptors (Lipinski definition) is 2. The monoisotopic (exact) mass is 179 g/mol. The minimum absolute atomic E-state index is 0.0677. The Balaban J connectivity index is 2.01. The van der Waals surface area contributed by atoms with E-state index < -0.39 is 0 Å². The summed E-state index contributed by atoms with van der Waals surface area (Å²) in [6.07, 6.45) is 4.49. The van der Waals surface area contributed by atoms with Crippen molar-refractivity contribution in [3.8, 4) is 0 Å². The van der Waals surface area contributed by atoms with Crippen LogP contribution in [0.25, 0.3) is 0 Å². The van der Waals surface area contributed by atoms with Crippen LogP contribution in [0.15, 0.2) is 12.4 Å². The quantitative estimate of drug-likeness (QED) is 0.721. The van der Waals surface area contributed by atoms with E-state index in [2.05, 4.69) is 17.2 Å². The Morgan fingerprint density at radius 1 is 1.77 bits per heavy atom. The van der Waals surface area contributed by atoms with E-state index in [1.54, 1.807) is 17.0 Å². The lowest BCUT2D eigenvalue weighted by Crippen LogP contribution is -2.28. The van der Waals surface area contributed by atoms with Crippen LogP contribution in [-0.4, -0.2) is 21.5 Å². The number of amides is 1. The molecular formula is C9H13N3O. The van der Waals surface area contributed by atoms with Gasteiger partial charge in [0.15, 0.2) is 5.82 Å². The molecule has 0 unspecified atom stereocenters. The molecular weight excluding hydrogens is 166 g/mol. The Morgan fingerprint density at radius 2 is 2.46 bits per heavy atom. The smallest absolute Gasteiger partial charge is 0.287 e. The number of aryl methyl sites for hydroxylation is 1. The molecule has 0 spiro atoms. The minimum atomic E-state index is -0.0677. The Hall–Kier alpha value is -1.32. The molecule has 2 atom stereocenters. The van der Waals surface area contributed by atoms with E-state index in [1.807, 2.05) is 7.05 Å². The molecule has 0 saturated heterocycles. The molecule has 1 aliphatic carbocycles. The van der Waals surface area contributed by atoms with Crippen LogP contribution < -0.4 is 5.32 Å². The van der Waals surface area contributed by atoms with Gasteiger partial charge in [-0.3, -0.25) is 4.79 Å². The molecule has 1 aliphatic rings. The van der Waals surface area contributed by atoms with Gasteiger partial charge in [-0.1, -0.05) is 6.92 Å². The SMILES string of the molecule is C[C@@H]1C[C@H]1NC(=O)c1nccn1C. The Kier molecular flexibility index (Phi) is 1.83. The van der Waals surface area contributed by atoms with Crippen molar-refractivity contribution in [2.75, 3.05) is 0 Å². The second-order valence-electron chi connectivity index (χ2n) is 3.65. The number of carbonyl (C=O) groups excluding carboxylic acids is 1. The van der Waals surface area contributed by atoms with Gasteiger partial charge in [0, 0.05) is 25.5 Å². The average Bonchev–Trinajstić information content (AvgIpc) is 2.62. The molecule has 1 fully saturated rings. The standard InChI is InChI=1S/C9H13N3O/c1-6-5-7(6)11-9(13)8-10-3-4-12(8)2/h3-4,6-7H,5H2,1-2H3,(H,11,13)/t6-,7-/m1/s1. The molecule has 4 heteroatoms. The summed E-state index contributed by atoms with van der Waals surface area (Å²) >= 11 is 0. The van der Waals surface area contributed by atoms with Gasteiger partial charge in [-0.2, -0.15) is 0 Å². The van der Waals surface area contributed by atoms with E-state index in [9.17, 15) is 4.79 Å². The highest BCUT2D eigenvalue weighted by atomic mass is 16.2. The first-order chi connectivity index (χ1) is 6.18. The van der Waals surface area contributed by atoms with E-state index in [4.69, 9.17) is 0 Å². The van der Waals surface area contributed by atoms with Crippen molar-refractivity contribution >= 4 is 5.91 Å². The fourth-order valence-electron chi connectivity index (χ4n) is 1.34. The van der Waals surface area contributed by atoms with E-state index in [0.717, 1.165) is 6.42 Å². The molecule has 13 heavy (non-hydrogen) atoms. The first kappa shape index (κ1) is 8.29. The summed E-state index contributed by atoms with van der Waals surface area (Å²) < 4.78 is 1.72. The van der Waals surface area contributed by atoms with Crippen LogP contribution in [-0.2, 0) is 7.05 Å². The third-order valence-corrected chi connectivity index (χ3v) is 2.45. The van der Waals surface area contributed by atoms with E-state index >= 15 is 0 Å². The number of hydrogen-bond donors (Lipinski definition) is 1. The van der Waals surface area contributed by atoms with Gasteiger partial charge in [-0.25, -0.2) is 4.98 Å². The number of aromatic nitrogens is 2. The van der Waals surface area contributed by atoms with Crippen molar-refractivity contribution in [2.24, 2.45) is 13.0 Å². The molecule has 1 aromatic rings. The van der Waals surface area contributed by atoms with E-state index in [0.29, 0.717) is 17.8 Å². The maximum atomic E-state index is 11.5. The number of nitrogens with zero attached hydrogens (tertiary/aromatic N) is 2. The predicted molar refractivity (Wildman–Crippen MR) is 48.2 cm³/mol. The third kappa shape index (κ3) is 1.56. The summed E-state index contributed by atoms with van der Waals surface area (Å²) in [5, 5.41) is 2.92. The lowest BCUT2D eigenvalue weighted by Gasteiger charge is -2.02. The highest BCUT2D eigenvalue weighted by Crippen LogP contribution is 2.29. The lowest BCUT2D eigenvalue weighted by atomic mass is 10.4. The fraction of sp³-hybridized carbons (Fsp3) is 0.556.